The van der Waals surface area contributed by atoms with E-state index in [1.165, 1.54) is 50.7 Å². The van der Waals surface area contributed by atoms with Crippen LogP contribution >= 0.6 is 0 Å². The number of carbonyl (C=O) groups excluding carboxylic acids is 1. The fourth-order valence-corrected chi connectivity index (χ4v) is 13.4. The molecule has 3 atom stereocenters. The van der Waals surface area contributed by atoms with Crippen molar-refractivity contribution < 1.29 is 32.3 Å². The van der Waals surface area contributed by atoms with Crippen molar-refractivity contribution in [2.45, 2.75) is 106 Å². The largest absolute Gasteiger partial charge is 0.468 e. The van der Waals surface area contributed by atoms with Crippen molar-refractivity contribution in [3.05, 3.63) is 106 Å². The Balaban J connectivity index is 0.813. The Morgan fingerprint density at radius 1 is 0.928 bits per heavy atom. The highest BCUT2D eigenvalue weighted by molar-refractivity contribution is 7.90. The summed E-state index contributed by atoms with van der Waals surface area (Å²) in [7, 11) is -4.59. The van der Waals surface area contributed by atoms with Gasteiger partial charge in [0.15, 0.2) is 0 Å². The molecule has 1 amide bonds. The van der Waals surface area contributed by atoms with Crippen molar-refractivity contribution >= 4 is 55.4 Å². The molecule has 362 valence electrons. The number of anilines is 4. The number of nitro groups is 1. The van der Waals surface area contributed by atoms with Crippen LogP contribution in [-0.4, -0.2) is 105 Å². The number of nitro benzene ring substituents is 1. The molecule has 0 bridgehead atoms. The average Bonchev–Trinajstić information content (AvgIpc) is 3.72. The Morgan fingerprint density at radius 2 is 1.74 bits per heavy atom. The molecule has 3 N–H and O–H groups in total. The van der Waals surface area contributed by atoms with Gasteiger partial charge in [-0.15, -0.1) is 0 Å². The van der Waals surface area contributed by atoms with Gasteiger partial charge in [-0.2, -0.15) is 4.98 Å². The maximum absolute atomic E-state index is 14.6. The summed E-state index contributed by atoms with van der Waals surface area (Å²) in [5, 5.41) is 16.3. The van der Waals surface area contributed by atoms with E-state index >= 15 is 0 Å². The minimum Gasteiger partial charge on any atom is -0.468 e. The van der Waals surface area contributed by atoms with Crippen LogP contribution in [0.1, 0.15) is 98.7 Å². The Morgan fingerprint density at radius 3 is 2.54 bits per heavy atom. The van der Waals surface area contributed by atoms with Gasteiger partial charge in [-0.05, 0) is 141 Å². The van der Waals surface area contributed by atoms with Crippen LogP contribution < -0.4 is 24.6 Å². The number of hydrogen-bond donors (Lipinski definition) is 3. The zero-order chi connectivity index (χ0) is 47.1. The van der Waals surface area contributed by atoms with Crippen LogP contribution in [0.2, 0.25) is 0 Å². The maximum Gasteiger partial charge on any atom is 0.293 e. The molecule has 5 aromatic rings. The number of aromatic amines is 1. The molecule has 3 aromatic carbocycles. The van der Waals surface area contributed by atoms with Crippen LogP contribution in [0.5, 0.6) is 5.88 Å². The fourth-order valence-electron chi connectivity index (χ4n) is 12.4. The van der Waals surface area contributed by atoms with Gasteiger partial charge in [0.05, 0.1) is 40.3 Å². The maximum atomic E-state index is 14.6. The number of pyridine rings is 1. The van der Waals surface area contributed by atoms with E-state index in [0.717, 1.165) is 62.5 Å². The number of rotatable bonds is 12. The lowest BCUT2D eigenvalue weighted by Crippen LogP contribution is -2.55. The molecule has 5 aliphatic heterocycles. The molecule has 2 aromatic heterocycles. The highest BCUT2D eigenvalue weighted by Crippen LogP contribution is 2.56. The number of piperidine rings is 1. The van der Waals surface area contributed by atoms with Crippen LogP contribution in [0, 0.1) is 21.4 Å². The minimum absolute atomic E-state index is 0.118. The Labute approximate surface area is 402 Å². The number of carbonyl (C=O) groups is 1. The molecule has 17 heteroatoms. The van der Waals surface area contributed by atoms with Crippen LogP contribution in [0.3, 0.4) is 0 Å². The highest BCUT2D eigenvalue weighted by Gasteiger charge is 2.51. The van der Waals surface area contributed by atoms with Crippen molar-refractivity contribution in [1.82, 2.24) is 19.6 Å². The number of amides is 1. The minimum atomic E-state index is -4.59. The highest BCUT2D eigenvalue weighted by atomic mass is 32.2. The van der Waals surface area contributed by atoms with Crippen molar-refractivity contribution in [3.8, 4) is 5.88 Å². The molecule has 16 nitrogen and oxygen atoms in total. The number of ether oxygens (including phenoxy) is 3. The molecule has 12 rings (SSSR count). The molecule has 69 heavy (non-hydrogen) atoms. The number of nitrogens with zero attached hydrogens (tertiary/aromatic N) is 5. The van der Waals surface area contributed by atoms with E-state index in [1.54, 1.807) is 17.2 Å². The van der Waals surface area contributed by atoms with E-state index in [4.69, 9.17) is 19.2 Å². The first-order chi connectivity index (χ1) is 33.4. The topological polar surface area (TPSA) is 184 Å². The van der Waals surface area contributed by atoms with Gasteiger partial charge in [-0.1, -0.05) is 31.2 Å². The van der Waals surface area contributed by atoms with Crippen LogP contribution in [0.15, 0.2) is 83.9 Å². The SMILES string of the molecule is CC1(c2ccccc2[C@@H]2CCCN2C2CC3(CCN(c4ccc(C(=O)NS(=O)(=O)c5ccc(NCC6CCOCC6)c([N+](=O)[O-])c5)c(N5c6cc7cc[nH]c7nc6O[C@@H]6COC[C@H]65)c4)CC3)C2)CC1. The quantitative estimate of drug-likeness (QED) is 0.0802. The molecule has 7 heterocycles. The van der Waals surface area contributed by atoms with Gasteiger partial charge in [0.1, 0.15) is 23.1 Å². The Bertz CT molecular complexity index is 2920. The monoisotopic (exact) mass is 956 g/mol. The summed E-state index contributed by atoms with van der Waals surface area (Å²) in [6.45, 7) is 7.68. The number of H-pyrrole nitrogens is 1. The molecule has 2 aliphatic carbocycles. The van der Waals surface area contributed by atoms with Gasteiger partial charge in [0.25, 0.3) is 21.6 Å². The Kier molecular flexibility index (Phi) is 11.1. The number of aromatic nitrogens is 2. The first-order valence-electron chi connectivity index (χ1n) is 24.9. The lowest BCUT2D eigenvalue weighted by atomic mass is 9.59. The van der Waals surface area contributed by atoms with E-state index in [-0.39, 0.29) is 23.2 Å². The summed E-state index contributed by atoms with van der Waals surface area (Å²) in [5.74, 6) is -0.216. The summed E-state index contributed by atoms with van der Waals surface area (Å²) in [4.78, 5) is 41.1. The first-order valence-corrected chi connectivity index (χ1v) is 26.4. The number of hydrogen-bond acceptors (Lipinski definition) is 13. The summed E-state index contributed by atoms with van der Waals surface area (Å²) >= 11 is 0. The number of fused-ring (bicyclic) bond motifs is 3. The van der Waals surface area contributed by atoms with Gasteiger partial charge in [0.2, 0.25) is 5.88 Å². The van der Waals surface area contributed by atoms with E-state index in [1.807, 2.05) is 35.4 Å². The van der Waals surface area contributed by atoms with Crippen molar-refractivity contribution in [2.24, 2.45) is 11.3 Å². The number of sulfonamides is 1. The van der Waals surface area contributed by atoms with Crippen LogP contribution in [0.4, 0.5) is 28.4 Å². The summed E-state index contributed by atoms with van der Waals surface area (Å²) in [6.07, 6.45) is 12.7. The van der Waals surface area contributed by atoms with Crippen LogP contribution in [-0.2, 0) is 24.9 Å². The van der Waals surface area contributed by atoms with Crippen LogP contribution in [0.25, 0.3) is 11.0 Å². The molecular formula is C52H60N8O8S. The van der Waals surface area contributed by atoms with Gasteiger partial charge in [0, 0.05) is 68.3 Å². The second-order valence-electron chi connectivity index (χ2n) is 21.0. The summed E-state index contributed by atoms with van der Waals surface area (Å²) < 4.78 is 48.3. The van der Waals surface area contributed by atoms with E-state index < -0.39 is 37.5 Å². The summed E-state index contributed by atoms with van der Waals surface area (Å²) in [6, 6.07) is 23.1. The molecular weight excluding hydrogens is 897 g/mol. The average molecular weight is 957 g/mol. The summed E-state index contributed by atoms with van der Waals surface area (Å²) in [5.41, 5.74) is 6.38. The number of likely N-dealkylation sites (tertiary alicyclic amines) is 1. The smallest absolute Gasteiger partial charge is 0.293 e. The Hall–Kier alpha value is -5.75. The second-order valence-corrected chi connectivity index (χ2v) is 22.6. The predicted molar refractivity (Wildman–Crippen MR) is 262 cm³/mol. The van der Waals surface area contributed by atoms with Gasteiger partial charge in [-0.3, -0.25) is 19.8 Å². The third-order valence-corrected chi connectivity index (χ3v) is 18.0. The van der Waals surface area contributed by atoms with Crippen molar-refractivity contribution in [2.75, 3.05) is 67.7 Å². The standard InChI is InChI=1S/C52H60N8O8S/c1-51(15-16-51)40-6-3-2-5-38(40)42-7-4-20-58(42)36-28-52(29-36)17-21-57(22-18-52)35-8-10-39(43(26-35)59-45-25-34-12-19-53-48(34)55-50(45)68-47-32-67-31-46(47)59)49(61)56-69(64,65)37-9-11-41(44(27-37)60(62)63)54-30-33-13-23-66-24-14-33/h2-3,5-6,8-12,19,25-27,33,36,42,46-47,54H,4,7,13-18,20-24,28-32H2,1H3,(H,53,55)(H,56,61)/t42-,46+,47+/m0/s1. The van der Waals surface area contributed by atoms with Gasteiger partial charge < -0.3 is 34.3 Å². The van der Waals surface area contributed by atoms with Crippen molar-refractivity contribution in [3.63, 3.8) is 0 Å². The molecule has 0 unspecified atom stereocenters. The predicted octanol–water partition coefficient (Wildman–Crippen LogP) is 8.36. The number of benzene rings is 3. The molecule has 2 saturated carbocycles. The molecule has 0 radical (unpaired) electrons. The molecule has 6 fully saturated rings. The van der Waals surface area contributed by atoms with E-state index in [0.29, 0.717) is 78.8 Å². The third-order valence-electron chi connectivity index (χ3n) is 16.7. The third kappa shape index (κ3) is 8.18. The lowest BCUT2D eigenvalue weighted by Gasteiger charge is -2.56. The lowest BCUT2D eigenvalue weighted by molar-refractivity contribution is -0.384. The molecule has 7 aliphatic rings. The molecule has 1 spiro atoms. The van der Waals surface area contributed by atoms with E-state index in [9.17, 15) is 23.3 Å². The van der Waals surface area contributed by atoms with Gasteiger partial charge in [-0.25, -0.2) is 13.1 Å². The normalized spacial score (nSPS) is 24.4. The zero-order valence-electron chi connectivity index (χ0n) is 39.0. The zero-order valence-corrected chi connectivity index (χ0v) is 39.8. The van der Waals surface area contributed by atoms with E-state index in [2.05, 4.69) is 56.0 Å². The first kappa shape index (κ1) is 44.5. The van der Waals surface area contributed by atoms with Crippen molar-refractivity contribution in [1.29, 1.82) is 0 Å². The van der Waals surface area contributed by atoms with Gasteiger partial charge >= 0.3 is 0 Å². The number of nitrogens with one attached hydrogen (secondary N) is 3. The fraction of sp³-hybridized carbons (Fsp3) is 0.500. The molecule has 4 saturated heterocycles. The second kappa shape index (κ2) is 17.3.